The van der Waals surface area contributed by atoms with Gasteiger partial charge in [0.2, 0.25) is 0 Å². The number of pyridine rings is 1. The number of nitrogens with zero attached hydrogens (tertiary/aromatic N) is 3. The predicted octanol–water partition coefficient (Wildman–Crippen LogP) is 1.86. The number of piperazine rings is 1. The molecular weight excluding hydrogens is 248 g/mol. The van der Waals surface area contributed by atoms with Crippen molar-refractivity contribution in [2.24, 2.45) is 0 Å². The van der Waals surface area contributed by atoms with E-state index in [1.54, 1.807) is 0 Å². The lowest BCUT2D eigenvalue weighted by atomic mass is 10.1. The lowest BCUT2D eigenvalue weighted by molar-refractivity contribution is 0.209. The van der Waals surface area contributed by atoms with Crippen molar-refractivity contribution in [3.63, 3.8) is 0 Å². The molecule has 4 heteroatoms. The second-order valence-electron chi connectivity index (χ2n) is 6.28. The molecule has 3 rings (SSSR count). The fourth-order valence-corrected chi connectivity index (χ4v) is 2.87. The molecule has 1 aliphatic carbocycles. The van der Waals surface area contributed by atoms with Crippen LogP contribution >= 0.6 is 0 Å². The minimum Gasteiger partial charge on any atom is -0.367 e. The largest absolute Gasteiger partial charge is 0.367 e. The van der Waals surface area contributed by atoms with E-state index < -0.39 is 0 Å². The van der Waals surface area contributed by atoms with Crippen LogP contribution in [0.15, 0.2) is 18.5 Å². The highest BCUT2D eigenvalue weighted by molar-refractivity contribution is 5.52. The van der Waals surface area contributed by atoms with Crippen molar-refractivity contribution < 1.29 is 0 Å². The summed E-state index contributed by atoms with van der Waals surface area (Å²) in [5.74, 6) is 0. The van der Waals surface area contributed by atoms with Crippen LogP contribution in [-0.2, 0) is 6.54 Å². The summed E-state index contributed by atoms with van der Waals surface area (Å²) < 4.78 is 0. The smallest absolute Gasteiger partial charge is 0.0599 e. The SMILES string of the molecule is CC(C)N1CCN(c2cnccc2CNC2CC2)CC1. The molecular formula is C16H26N4. The lowest BCUT2D eigenvalue weighted by Gasteiger charge is -2.38. The Morgan fingerprint density at radius 3 is 2.65 bits per heavy atom. The topological polar surface area (TPSA) is 31.4 Å². The van der Waals surface area contributed by atoms with Crippen LogP contribution in [0.4, 0.5) is 5.69 Å². The van der Waals surface area contributed by atoms with Crippen molar-refractivity contribution in [1.82, 2.24) is 15.2 Å². The summed E-state index contributed by atoms with van der Waals surface area (Å²) in [4.78, 5) is 9.38. The maximum atomic E-state index is 4.33. The molecule has 1 aliphatic heterocycles. The van der Waals surface area contributed by atoms with Crippen molar-refractivity contribution in [3.05, 3.63) is 24.0 Å². The van der Waals surface area contributed by atoms with Crippen LogP contribution in [-0.4, -0.2) is 48.1 Å². The summed E-state index contributed by atoms with van der Waals surface area (Å²) in [5.41, 5.74) is 2.72. The molecule has 1 aromatic rings. The molecule has 2 fully saturated rings. The Morgan fingerprint density at radius 1 is 1.25 bits per heavy atom. The molecule has 0 aromatic carbocycles. The van der Waals surface area contributed by atoms with E-state index >= 15 is 0 Å². The Balaban J connectivity index is 1.64. The monoisotopic (exact) mass is 274 g/mol. The van der Waals surface area contributed by atoms with Gasteiger partial charge in [-0.15, -0.1) is 0 Å². The number of hydrogen-bond donors (Lipinski definition) is 1. The van der Waals surface area contributed by atoms with Crippen LogP contribution < -0.4 is 10.2 Å². The van der Waals surface area contributed by atoms with Gasteiger partial charge in [0.25, 0.3) is 0 Å². The van der Waals surface area contributed by atoms with E-state index in [0.29, 0.717) is 6.04 Å². The minimum atomic E-state index is 0.655. The lowest BCUT2D eigenvalue weighted by Crippen LogP contribution is -2.49. The molecule has 1 saturated heterocycles. The van der Waals surface area contributed by atoms with E-state index in [1.165, 1.54) is 24.1 Å². The standard InChI is InChI=1S/C16H26N4/c1-13(2)19-7-9-20(10-8-19)16-12-17-6-5-14(16)11-18-15-3-4-15/h5-6,12-13,15,18H,3-4,7-11H2,1-2H3. The van der Waals surface area contributed by atoms with Crippen LogP contribution in [0.2, 0.25) is 0 Å². The molecule has 20 heavy (non-hydrogen) atoms. The molecule has 1 aromatic heterocycles. The van der Waals surface area contributed by atoms with Gasteiger partial charge in [0.05, 0.1) is 11.9 Å². The van der Waals surface area contributed by atoms with Crippen molar-refractivity contribution in [1.29, 1.82) is 0 Å². The number of aromatic nitrogens is 1. The summed E-state index contributed by atoms with van der Waals surface area (Å²) in [7, 11) is 0. The van der Waals surface area contributed by atoms with Crippen LogP contribution in [0.25, 0.3) is 0 Å². The maximum Gasteiger partial charge on any atom is 0.0599 e. The molecule has 110 valence electrons. The summed E-state index contributed by atoms with van der Waals surface area (Å²) in [6, 6.07) is 3.58. The first-order chi connectivity index (χ1) is 9.74. The normalized spacial score (nSPS) is 20.6. The molecule has 0 bridgehead atoms. The molecule has 0 amide bonds. The maximum absolute atomic E-state index is 4.33. The van der Waals surface area contributed by atoms with E-state index in [0.717, 1.165) is 38.8 Å². The molecule has 0 unspecified atom stereocenters. The van der Waals surface area contributed by atoms with Gasteiger partial charge < -0.3 is 10.2 Å². The van der Waals surface area contributed by atoms with E-state index in [1.807, 2.05) is 12.4 Å². The fraction of sp³-hybridized carbons (Fsp3) is 0.688. The third-order valence-electron chi connectivity index (χ3n) is 4.43. The zero-order chi connectivity index (χ0) is 13.9. The van der Waals surface area contributed by atoms with Crippen LogP contribution in [0, 0.1) is 0 Å². The summed E-state index contributed by atoms with van der Waals surface area (Å²) >= 11 is 0. The number of rotatable bonds is 5. The van der Waals surface area contributed by atoms with Gasteiger partial charge in [-0.3, -0.25) is 9.88 Å². The summed E-state index contributed by atoms with van der Waals surface area (Å²) in [5, 5.41) is 3.61. The van der Waals surface area contributed by atoms with Gasteiger partial charge in [0.1, 0.15) is 0 Å². The molecule has 4 nitrogen and oxygen atoms in total. The van der Waals surface area contributed by atoms with Crippen molar-refractivity contribution in [2.75, 3.05) is 31.1 Å². The average molecular weight is 274 g/mol. The van der Waals surface area contributed by atoms with Crippen LogP contribution in [0.1, 0.15) is 32.3 Å². The summed E-state index contributed by atoms with van der Waals surface area (Å²) in [6.07, 6.45) is 6.63. The molecule has 2 heterocycles. The zero-order valence-electron chi connectivity index (χ0n) is 12.7. The first-order valence-corrected chi connectivity index (χ1v) is 7.89. The van der Waals surface area contributed by atoms with Gasteiger partial charge in [-0.1, -0.05) is 0 Å². The molecule has 2 aliphatic rings. The van der Waals surface area contributed by atoms with E-state index in [2.05, 4.69) is 40.0 Å². The number of nitrogens with one attached hydrogen (secondary N) is 1. The Morgan fingerprint density at radius 2 is 2.00 bits per heavy atom. The third-order valence-corrected chi connectivity index (χ3v) is 4.43. The third kappa shape index (κ3) is 3.30. The van der Waals surface area contributed by atoms with Gasteiger partial charge >= 0.3 is 0 Å². The first kappa shape index (κ1) is 13.8. The zero-order valence-corrected chi connectivity index (χ0v) is 12.7. The highest BCUT2D eigenvalue weighted by Gasteiger charge is 2.23. The van der Waals surface area contributed by atoms with Gasteiger partial charge in [0.15, 0.2) is 0 Å². The Labute approximate surface area is 122 Å². The fourth-order valence-electron chi connectivity index (χ4n) is 2.87. The van der Waals surface area contributed by atoms with Gasteiger partial charge in [-0.2, -0.15) is 0 Å². The minimum absolute atomic E-state index is 0.655. The predicted molar refractivity (Wildman–Crippen MR) is 83.0 cm³/mol. The first-order valence-electron chi connectivity index (χ1n) is 7.89. The van der Waals surface area contributed by atoms with E-state index in [9.17, 15) is 0 Å². The van der Waals surface area contributed by atoms with Crippen LogP contribution in [0.5, 0.6) is 0 Å². The van der Waals surface area contributed by atoms with Crippen LogP contribution in [0.3, 0.4) is 0 Å². The average Bonchev–Trinajstić information content (AvgIpc) is 3.30. The van der Waals surface area contributed by atoms with Gasteiger partial charge in [-0.25, -0.2) is 0 Å². The number of anilines is 1. The Kier molecular flexibility index (Phi) is 4.22. The molecule has 0 radical (unpaired) electrons. The highest BCUT2D eigenvalue weighted by atomic mass is 15.3. The van der Waals surface area contributed by atoms with Gasteiger partial charge in [0, 0.05) is 51.0 Å². The Hall–Kier alpha value is -1.13. The number of hydrogen-bond acceptors (Lipinski definition) is 4. The second kappa shape index (κ2) is 6.10. The Bertz CT molecular complexity index is 434. The quantitative estimate of drug-likeness (QED) is 0.888. The molecule has 0 spiro atoms. The second-order valence-corrected chi connectivity index (χ2v) is 6.28. The highest BCUT2D eigenvalue weighted by Crippen LogP contribution is 2.24. The molecule has 1 saturated carbocycles. The van der Waals surface area contributed by atoms with Crippen molar-refractivity contribution in [3.8, 4) is 0 Å². The van der Waals surface area contributed by atoms with Crippen molar-refractivity contribution >= 4 is 5.69 Å². The summed E-state index contributed by atoms with van der Waals surface area (Å²) in [6.45, 7) is 10.1. The molecule has 1 N–H and O–H groups in total. The van der Waals surface area contributed by atoms with E-state index in [-0.39, 0.29) is 0 Å². The van der Waals surface area contributed by atoms with Gasteiger partial charge in [-0.05, 0) is 38.3 Å². The molecule has 0 atom stereocenters. The van der Waals surface area contributed by atoms with Crippen molar-refractivity contribution in [2.45, 2.75) is 45.3 Å². The van der Waals surface area contributed by atoms with E-state index in [4.69, 9.17) is 0 Å².